The maximum atomic E-state index is 10.4. The molecular weight excluding hydrogens is 208 g/mol. The summed E-state index contributed by atoms with van der Waals surface area (Å²) < 4.78 is 0. The second-order valence-electron chi connectivity index (χ2n) is 6.71. The molecule has 3 atom stereocenters. The Morgan fingerprint density at radius 3 is 2.18 bits per heavy atom. The molecule has 2 aliphatic rings. The van der Waals surface area contributed by atoms with E-state index < -0.39 is 0 Å². The van der Waals surface area contributed by atoms with E-state index in [0.717, 1.165) is 12.8 Å². The Balaban J connectivity index is 2.17. The molecule has 1 N–H and O–H groups in total. The highest BCUT2D eigenvalue weighted by Gasteiger charge is 2.69. The molecule has 0 spiro atoms. The molecule has 17 heavy (non-hydrogen) atoms. The van der Waals surface area contributed by atoms with Gasteiger partial charge in [0.25, 0.3) is 0 Å². The van der Waals surface area contributed by atoms with E-state index in [1.807, 2.05) is 0 Å². The molecule has 0 radical (unpaired) electrons. The Bertz CT molecular complexity index is 436. The van der Waals surface area contributed by atoms with E-state index in [2.05, 4.69) is 51.1 Å². The Hall–Kier alpha value is -0.820. The van der Waals surface area contributed by atoms with Gasteiger partial charge < -0.3 is 5.11 Å². The number of hydrogen-bond donors (Lipinski definition) is 1. The van der Waals surface area contributed by atoms with Crippen LogP contribution in [-0.2, 0) is 5.41 Å². The average molecular weight is 230 g/mol. The molecule has 0 amide bonds. The van der Waals surface area contributed by atoms with E-state index in [4.69, 9.17) is 0 Å². The second kappa shape index (κ2) is 3.14. The van der Waals surface area contributed by atoms with Crippen molar-refractivity contribution in [3.8, 4) is 0 Å². The van der Waals surface area contributed by atoms with Crippen LogP contribution in [0.2, 0.25) is 0 Å². The summed E-state index contributed by atoms with van der Waals surface area (Å²) in [6, 6.07) is 10.8. The minimum atomic E-state index is -0.147. The first-order valence-corrected chi connectivity index (χ1v) is 6.68. The van der Waals surface area contributed by atoms with Gasteiger partial charge in [-0.1, -0.05) is 51.1 Å². The van der Waals surface area contributed by atoms with E-state index in [0.29, 0.717) is 0 Å². The standard InChI is InChI=1S/C16H22O/c1-14(2)15(3)9-10-16(14,11-13(15)17)12-7-5-4-6-8-12/h4-8,13,17H,9-11H2,1-3H3/t13-,15-,16+/m1/s1. The van der Waals surface area contributed by atoms with Crippen molar-refractivity contribution in [3.63, 3.8) is 0 Å². The van der Waals surface area contributed by atoms with Crippen molar-refractivity contribution in [2.24, 2.45) is 10.8 Å². The molecule has 0 unspecified atom stereocenters. The summed E-state index contributed by atoms with van der Waals surface area (Å²) in [7, 11) is 0. The predicted octanol–water partition coefficient (Wildman–Crippen LogP) is 3.52. The Labute approximate surface area is 104 Å². The van der Waals surface area contributed by atoms with Crippen LogP contribution in [0, 0.1) is 10.8 Å². The molecular formula is C16H22O. The van der Waals surface area contributed by atoms with Gasteiger partial charge in [0, 0.05) is 5.41 Å². The summed E-state index contributed by atoms with van der Waals surface area (Å²) >= 11 is 0. The van der Waals surface area contributed by atoms with Crippen LogP contribution < -0.4 is 0 Å². The quantitative estimate of drug-likeness (QED) is 0.782. The van der Waals surface area contributed by atoms with Gasteiger partial charge in [0.05, 0.1) is 6.10 Å². The molecule has 1 aromatic rings. The summed E-state index contributed by atoms with van der Waals surface area (Å²) in [5.74, 6) is 0. The van der Waals surface area contributed by atoms with E-state index in [-0.39, 0.29) is 22.3 Å². The topological polar surface area (TPSA) is 20.2 Å². The number of rotatable bonds is 1. The monoisotopic (exact) mass is 230 g/mol. The lowest BCUT2D eigenvalue weighted by Gasteiger charge is -2.41. The fourth-order valence-electron chi connectivity index (χ4n) is 4.52. The Morgan fingerprint density at radius 2 is 1.71 bits per heavy atom. The zero-order valence-electron chi connectivity index (χ0n) is 11.0. The second-order valence-corrected chi connectivity index (χ2v) is 6.71. The number of fused-ring (bicyclic) bond motifs is 2. The zero-order valence-corrected chi connectivity index (χ0v) is 11.0. The van der Waals surface area contributed by atoms with Crippen molar-refractivity contribution in [3.05, 3.63) is 35.9 Å². The van der Waals surface area contributed by atoms with E-state index in [1.165, 1.54) is 12.0 Å². The minimum absolute atomic E-state index is 0.0862. The first-order valence-electron chi connectivity index (χ1n) is 6.68. The van der Waals surface area contributed by atoms with Crippen LogP contribution in [0.25, 0.3) is 0 Å². The van der Waals surface area contributed by atoms with Crippen molar-refractivity contribution < 1.29 is 5.11 Å². The molecule has 2 saturated carbocycles. The molecule has 3 rings (SSSR count). The number of benzene rings is 1. The molecule has 92 valence electrons. The van der Waals surface area contributed by atoms with Gasteiger partial charge in [0.15, 0.2) is 0 Å². The lowest BCUT2D eigenvalue weighted by Crippen LogP contribution is -2.38. The largest absolute Gasteiger partial charge is 0.393 e. The highest BCUT2D eigenvalue weighted by molar-refractivity contribution is 5.36. The van der Waals surface area contributed by atoms with Gasteiger partial charge in [-0.3, -0.25) is 0 Å². The first-order chi connectivity index (χ1) is 7.94. The SMILES string of the molecule is CC1(C)[C@@]2(c3ccccc3)CC[C@]1(C)[C@H](O)C2. The molecule has 0 aromatic heterocycles. The molecule has 0 saturated heterocycles. The van der Waals surface area contributed by atoms with Gasteiger partial charge in [-0.2, -0.15) is 0 Å². The Morgan fingerprint density at radius 1 is 1.06 bits per heavy atom. The van der Waals surface area contributed by atoms with Crippen LogP contribution in [0.1, 0.15) is 45.6 Å². The molecule has 1 aromatic carbocycles. The fraction of sp³-hybridized carbons (Fsp3) is 0.625. The Kier molecular flexibility index (Phi) is 2.08. The van der Waals surface area contributed by atoms with Crippen molar-refractivity contribution in [1.82, 2.24) is 0 Å². The van der Waals surface area contributed by atoms with Crippen LogP contribution in [-0.4, -0.2) is 11.2 Å². The minimum Gasteiger partial charge on any atom is -0.393 e. The fourth-order valence-corrected chi connectivity index (χ4v) is 4.52. The number of aliphatic hydroxyl groups is 1. The lowest BCUT2D eigenvalue weighted by atomic mass is 9.62. The summed E-state index contributed by atoms with van der Waals surface area (Å²) in [6.07, 6.45) is 3.15. The van der Waals surface area contributed by atoms with Gasteiger partial charge in [-0.05, 0) is 35.7 Å². The van der Waals surface area contributed by atoms with Crippen LogP contribution in [0.4, 0.5) is 0 Å². The van der Waals surface area contributed by atoms with Crippen molar-refractivity contribution in [1.29, 1.82) is 0 Å². The van der Waals surface area contributed by atoms with Gasteiger partial charge in [-0.25, -0.2) is 0 Å². The van der Waals surface area contributed by atoms with Crippen molar-refractivity contribution in [2.45, 2.75) is 51.6 Å². The zero-order chi connectivity index (χ0) is 12.3. The average Bonchev–Trinajstić information content (AvgIpc) is 2.61. The molecule has 2 fully saturated rings. The molecule has 0 aliphatic heterocycles. The third-order valence-corrected chi connectivity index (χ3v) is 6.30. The molecule has 1 nitrogen and oxygen atoms in total. The van der Waals surface area contributed by atoms with Crippen LogP contribution in [0.5, 0.6) is 0 Å². The lowest BCUT2D eigenvalue weighted by molar-refractivity contribution is 0.0123. The third-order valence-electron chi connectivity index (χ3n) is 6.30. The predicted molar refractivity (Wildman–Crippen MR) is 69.9 cm³/mol. The smallest absolute Gasteiger partial charge is 0.0607 e. The summed E-state index contributed by atoms with van der Waals surface area (Å²) in [5, 5.41) is 10.4. The summed E-state index contributed by atoms with van der Waals surface area (Å²) in [4.78, 5) is 0. The number of aliphatic hydroxyl groups excluding tert-OH is 1. The van der Waals surface area contributed by atoms with Gasteiger partial charge in [0.2, 0.25) is 0 Å². The van der Waals surface area contributed by atoms with Gasteiger partial charge >= 0.3 is 0 Å². The van der Waals surface area contributed by atoms with Crippen molar-refractivity contribution in [2.75, 3.05) is 0 Å². The molecule has 2 aliphatic carbocycles. The van der Waals surface area contributed by atoms with Crippen LogP contribution in [0.3, 0.4) is 0 Å². The maximum Gasteiger partial charge on any atom is 0.0607 e. The normalized spacial score (nSPS) is 42.9. The summed E-state index contributed by atoms with van der Waals surface area (Å²) in [6.45, 7) is 6.97. The highest BCUT2D eigenvalue weighted by atomic mass is 16.3. The van der Waals surface area contributed by atoms with E-state index in [1.54, 1.807) is 0 Å². The highest BCUT2D eigenvalue weighted by Crippen LogP contribution is 2.72. The molecule has 1 heteroatoms. The maximum absolute atomic E-state index is 10.4. The summed E-state index contributed by atoms with van der Waals surface area (Å²) in [5.41, 5.74) is 1.87. The molecule has 0 heterocycles. The van der Waals surface area contributed by atoms with E-state index >= 15 is 0 Å². The van der Waals surface area contributed by atoms with Crippen LogP contribution in [0.15, 0.2) is 30.3 Å². The first kappa shape index (κ1) is 11.3. The third kappa shape index (κ3) is 1.09. The van der Waals surface area contributed by atoms with Gasteiger partial charge in [0.1, 0.15) is 0 Å². The van der Waals surface area contributed by atoms with Gasteiger partial charge in [-0.15, -0.1) is 0 Å². The molecule has 2 bridgehead atoms. The van der Waals surface area contributed by atoms with Crippen molar-refractivity contribution >= 4 is 0 Å². The van der Waals surface area contributed by atoms with E-state index in [9.17, 15) is 5.11 Å². The number of hydrogen-bond acceptors (Lipinski definition) is 1. The van der Waals surface area contributed by atoms with Crippen LogP contribution >= 0.6 is 0 Å².